The van der Waals surface area contributed by atoms with Crippen molar-refractivity contribution >= 4 is 0 Å². The van der Waals surface area contributed by atoms with Crippen molar-refractivity contribution < 1.29 is 0 Å². The number of rotatable bonds is 1. The Hall–Kier alpha value is -0.260. The van der Waals surface area contributed by atoms with Crippen molar-refractivity contribution in [2.24, 2.45) is 5.41 Å². The second-order valence-corrected chi connectivity index (χ2v) is 3.39. The summed E-state index contributed by atoms with van der Waals surface area (Å²) < 4.78 is 0. The quantitative estimate of drug-likeness (QED) is 0.471. The summed E-state index contributed by atoms with van der Waals surface area (Å²) >= 11 is 0. The highest BCUT2D eigenvalue weighted by Gasteiger charge is 2.32. The molecular formula is C9H16. The minimum Gasteiger partial charge on any atom is -0.0882 e. The van der Waals surface area contributed by atoms with E-state index in [4.69, 9.17) is 0 Å². The molecule has 0 atom stereocenters. The van der Waals surface area contributed by atoms with Gasteiger partial charge in [-0.05, 0) is 32.1 Å². The van der Waals surface area contributed by atoms with Crippen LogP contribution in [0.2, 0.25) is 0 Å². The van der Waals surface area contributed by atoms with Gasteiger partial charge in [0.25, 0.3) is 0 Å². The van der Waals surface area contributed by atoms with Crippen molar-refractivity contribution in [1.82, 2.24) is 0 Å². The first-order chi connectivity index (χ1) is 4.19. The molecule has 52 valence electrons. The largest absolute Gasteiger partial charge is 0.0882 e. The van der Waals surface area contributed by atoms with Gasteiger partial charge in [0, 0.05) is 0 Å². The third kappa shape index (κ3) is 1.03. The van der Waals surface area contributed by atoms with Crippen molar-refractivity contribution in [3.05, 3.63) is 11.6 Å². The molecule has 0 heteroatoms. The minimum atomic E-state index is 0.592. The highest BCUT2D eigenvalue weighted by atomic mass is 14.4. The van der Waals surface area contributed by atoms with E-state index in [2.05, 4.69) is 26.8 Å². The van der Waals surface area contributed by atoms with Gasteiger partial charge in [0.05, 0.1) is 0 Å². The van der Waals surface area contributed by atoms with Crippen molar-refractivity contribution in [3.63, 3.8) is 0 Å². The maximum atomic E-state index is 2.37. The molecular weight excluding hydrogens is 108 g/mol. The van der Waals surface area contributed by atoms with E-state index >= 15 is 0 Å². The van der Waals surface area contributed by atoms with E-state index < -0.39 is 0 Å². The lowest BCUT2D eigenvalue weighted by atomic mass is 9.66. The van der Waals surface area contributed by atoms with Crippen LogP contribution in [0.5, 0.6) is 0 Å². The third-order valence-electron chi connectivity index (χ3n) is 2.84. The fourth-order valence-electron chi connectivity index (χ4n) is 1.45. The number of hydrogen-bond acceptors (Lipinski definition) is 0. The van der Waals surface area contributed by atoms with E-state index in [9.17, 15) is 0 Å². The van der Waals surface area contributed by atoms with Gasteiger partial charge in [-0.15, -0.1) is 0 Å². The van der Waals surface area contributed by atoms with Gasteiger partial charge >= 0.3 is 0 Å². The smallest absolute Gasteiger partial charge is 0.0119 e. The van der Waals surface area contributed by atoms with E-state index in [1.54, 1.807) is 5.57 Å². The Kier molecular flexibility index (Phi) is 1.65. The first-order valence-corrected chi connectivity index (χ1v) is 3.82. The van der Waals surface area contributed by atoms with Crippen molar-refractivity contribution in [1.29, 1.82) is 0 Å². The van der Waals surface area contributed by atoms with Gasteiger partial charge in [-0.1, -0.05) is 25.0 Å². The lowest BCUT2D eigenvalue weighted by molar-refractivity contribution is 0.214. The standard InChI is InChI=1S/C9H16/c1-4-8(2)9(3)6-5-7-9/h4H,5-7H2,1-3H3/b8-4+. The molecule has 1 rings (SSSR count). The molecule has 0 unspecified atom stereocenters. The van der Waals surface area contributed by atoms with Crippen LogP contribution in [0.3, 0.4) is 0 Å². The summed E-state index contributed by atoms with van der Waals surface area (Å²) in [6.45, 7) is 6.75. The Morgan fingerprint density at radius 2 is 2.00 bits per heavy atom. The highest BCUT2D eigenvalue weighted by Crippen LogP contribution is 2.45. The zero-order chi connectivity index (χ0) is 6.91. The van der Waals surface area contributed by atoms with Crippen LogP contribution < -0.4 is 0 Å². The van der Waals surface area contributed by atoms with E-state index in [1.165, 1.54) is 19.3 Å². The topological polar surface area (TPSA) is 0 Å². The van der Waals surface area contributed by atoms with E-state index in [0.29, 0.717) is 5.41 Å². The average Bonchev–Trinajstić information content (AvgIpc) is 1.81. The van der Waals surface area contributed by atoms with E-state index in [0.717, 1.165) is 0 Å². The van der Waals surface area contributed by atoms with Crippen LogP contribution in [0.25, 0.3) is 0 Å². The van der Waals surface area contributed by atoms with Gasteiger partial charge < -0.3 is 0 Å². The van der Waals surface area contributed by atoms with E-state index in [1.807, 2.05) is 0 Å². The summed E-state index contributed by atoms with van der Waals surface area (Å²) in [7, 11) is 0. The molecule has 0 heterocycles. The van der Waals surface area contributed by atoms with Gasteiger partial charge in [-0.3, -0.25) is 0 Å². The average molecular weight is 124 g/mol. The molecule has 0 spiro atoms. The fraction of sp³-hybridized carbons (Fsp3) is 0.778. The molecule has 0 saturated heterocycles. The predicted molar refractivity (Wildman–Crippen MR) is 41.4 cm³/mol. The molecule has 0 N–H and O–H groups in total. The highest BCUT2D eigenvalue weighted by molar-refractivity contribution is 5.12. The fourth-order valence-corrected chi connectivity index (χ4v) is 1.45. The lowest BCUT2D eigenvalue weighted by Crippen LogP contribution is -2.26. The molecule has 1 aliphatic carbocycles. The second kappa shape index (κ2) is 2.17. The third-order valence-corrected chi connectivity index (χ3v) is 2.84. The van der Waals surface area contributed by atoms with Gasteiger partial charge in [0.15, 0.2) is 0 Å². The maximum absolute atomic E-state index is 2.37. The molecule has 0 nitrogen and oxygen atoms in total. The Balaban J connectivity index is 2.59. The summed E-state index contributed by atoms with van der Waals surface area (Å²) in [5.41, 5.74) is 2.17. The van der Waals surface area contributed by atoms with Crippen LogP contribution >= 0.6 is 0 Å². The Bertz CT molecular complexity index is 127. The van der Waals surface area contributed by atoms with Crippen LogP contribution in [0, 0.1) is 5.41 Å². The SMILES string of the molecule is C/C=C(\C)C1(C)CCC1. The second-order valence-electron chi connectivity index (χ2n) is 3.39. The van der Waals surface area contributed by atoms with Crippen LogP contribution in [0.15, 0.2) is 11.6 Å². The molecule has 0 aliphatic heterocycles. The summed E-state index contributed by atoms with van der Waals surface area (Å²) in [5.74, 6) is 0. The molecule has 0 amide bonds. The first-order valence-electron chi connectivity index (χ1n) is 3.82. The molecule has 0 bridgehead atoms. The monoisotopic (exact) mass is 124 g/mol. The predicted octanol–water partition coefficient (Wildman–Crippen LogP) is 3.14. The molecule has 0 aromatic carbocycles. The molecule has 9 heavy (non-hydrogen) atoms. The van der Waals surface area contributed by atoms with Crippen LogP contribution in [0.1, 0.15) is 40.0 Å². The van der Waals surface area contributed by atoms with Crippen molar-refractivity contribution in [2.45, 2.75) is 40.0 Å². The molecule has 0 radical (unpaired) electrons. The molecule has 1 saturated carbocycles. The molecule has 1 fully saturated rings. The van der Waals surface area contributed by atoms with Crippen LogP contribution in [-0.2, 0) is 0 Å². The normalized spacial score (nSPS) is 25.4. The van der Waals surface area contributed by atoms with Gasteiger partial charge in [0.2, 0.25) is 0 Å². The van der Waals surface area contributed by atoms with Crippen LogP contribution in [-0.4, -0.2) is 0 Å². The van der Waals surface area contributed by atoms with Gasteiger partial charge in [-0.2, -0.15) is 0 Å². The van der Waals surface area contributed by atoms with Crippen LogP contribution in [0.4, 0.5) is 0 Å². The number of allylic oxidation sites excluding steroid dienone is 2. The van der Waals surface area contributed by atoms with Gasteiger partial charge in [-0.25, -0.2) is 0 Å². The zero-order valence-electron chi connectivity index (χ0n) is 6.70. The number of hydrogen-bond donors (Lipinski definition) is 0. The molecule has 0 aromatic heterocycles. The Morgan fingerprint density at radius 1 is 1.44 bits per heavy atom. The van der Waals surface area contributed by atoms with Gasteiger partial charge in [0.1, 0.15) is 0 Å². The molecule has 0 aromatic rings. The summed E-state index contributed by atoms with van der Waals surface area (Å²) in [4.78, 5) is 0. The lowest BCUT2D eigenvalue weighted by Gasteiger charge is -2.39. The van der Waals surface area contributed by atoms with E-state index in [-0.39, 0.29) is 0 Å². The summed E-state index contributed by atoms with van der Waals surface area (Å²) in [6, 6.07) is 0. The summed E-state index contributed by atoms with van der Waals surface area (Å²) in [6.07, 6.45) is 6.49. The Labute approximate surface area is 58.0 Å². The minimum absolute atomic E-state index is 0.592. The Morgan fingerprint density at radius 3 is 2.11 bits per heavy atom. The zero-order valence-corrected chi connectivity index (χ0v) is 6.70. The van der Waals surface area contributed by atoms with Crippen molar-refractivity contribution in [2.75, 3.05) is 0 Å². The molecule has 1 aliphatic rings. The summed E-state index contributed by atoms with van der Waals surface area (Å²) in [5, 5.41) is 0. The first kappa shape index (κ1) is 6.85. The maximum Gasteiger partial charge on any atom is -0.0119 e. The van der Waals surface area contributed by atoms with Crippen molar-refractivity contribution in [3.8, 4) is 0 Å².